The molecule has 1 heterocycles. The lowest BCUT2D eigenvalue weighted by atomic mass is 10.1. The maximum atomic E-state index is 12.4. The molecule has 7 nitrogen and oxygen atoms in total. The van der Waals surface area contributed by atoms with E-state index in [1.54, 1.807) is 25.2 Å². The molecule has 0 saturated heterocycles. The first-order chi connectivity index (χ1) is 13.4. The molecule has 0 radical (unpaired) electrons. The van der Waals surface area contributed by atoms with Gasteiger partial charge in [-0.25, -0.2) is 0 Å². The summed E-state index contributed by atoms with van der Waals surface area (Å²) in [6, 6.07) is 12.2. The number of fused-ring (bicyclic) bond motifs is 1. The van der Waals surface area contributed by atoms with Crippen LogP contribution in [0.1, 0.15) is 22.8 Å². The first-order valence-electron chi connectivity index (χ1n) is 8.79. The average Bonchev–Trinajstić information content (AvgIpc) is 2.70. The largest absolute Gasteiger partial charge is 0.343 e. The zero-order valence-electron chi connectivity index (χ0n) is 15.5. The molecule has 0 aliphatic heterocycles. The third-order valence-electron chi connectivity index (χ3n) is 4.44. The molecular formula is C20H20N4O3S. The van der Waals surface area contributed by atoms with Gasteiger partial charge in [-0.05, 0) is 48.5 Å². The minimum absolute atomic E-state index is 0.165. The number of hydrogen-bond acceptors (Lipinski definition) is 4. The predicted molar refractivity (Wildman–Crippen MR) is 111 cm³/mol. The SMILES string of the molecule is CCc1ccccc1NC(=O)CNC(=O)c1ccc2c(=O)n(C)c(=S)[nH]c2c1. The minimum atomic E-state index is -0.416. The number of rotatable bonds is 5. The molecule has 3 N–H and O–H groups in total. The molecule has 0 aliphatic carbocycles. The molecule has 1 aromatic heterocycles. The molecule has 0 fully saturated rings. The molecule has 0 unspecified atom stereocenters. The second-order valence-corrected chi connectivity index (χ2v) is 6.68. The number of hydrogen-bond donors (Lipinski definition) is 3. The summed E-state index contributed by atoms with van der Waals surface area (Å²) in [6.07, 6.45) is 0.792. The maximum Gasteiger partial charge on any atom is 0.261 e. The highest BCUT2D eigenvalue weighted by atomic mass is 32.1. The van der Waals surface area contributed by atoms with Gasteiger partial charge >= 0.3 is 0 Å². The van der Waals surface area contributed by atoms with Gasteiger partial charge in [0.25, 0.3) is 11.5 Å². The Kier molecular flexibility index (Phi) is 5.70. The Balaban J connectivity index is 1.71. The number of carbonyl (C=O) groups excluding carboxylic acids is 2. The molecule has 2 aromatic carbocycles. The number of amides is 2. The van der Waals surface area contributed by atoms with Crippen molar-refractivity contribution in [3.05, 3.63) is 68.7 Å². The lowest BCUT2D eigenvalue weighted by Gasteiger charge is -2.10. The Labute approximate surface area is 166 Å². The van der Waals surface area contributed by atoms with Crippen LogP contribution in [0.5, 0.6) is 0 Å². The van der Waals surface area contributed by atoms with Crippen LogP contribution in [0.3, 0.4) is 0 Å². The number of anilines is 1. The number of H-pyrrole nitrogens is 1. The maximum absolute atomic E-state index is 12.4. The van der Waals surface area contributed by atoms with E-state index in [-0.39, 0.29) is 22.8 Å². The number of benzene rings is 2. The van der Waals surface area contributed by atoms with E-state index in [1.807, 2.05) is 31.2 Å². The highest BCUT2D eigenvalue weighted by molar-refractivity contribution is 7.71. The van der Waals surface area contributed by atoms with Crippen LogP contribution >= 0.6 is 12.2 Å². The van der Waals surface area contributed by atoms with E-state index >= 15 is 0 Å². The van der Waals surface area contributed by atoms with Gasteiger partial charge < -0.3 is 15.6 Å². The molecule has 144 valence electrons. The van der Waals surface area contributed by atoms with Crippen LogP contribution in [0.25, 0.3) is 10.9 Å². The zero-order chi connectivity index (χ0) is 20.3. The van der Waals surface area contributed by atoms with Crippen LogP contribution < -0.4 is 16.2 Å². The van der Waals surface area contributed by atoms with Crippen molar-refractivity contribution in [3.63, 3.8) is 0 Å². The first-order valence-corrected chi connectivity index (χ1v) is 9.20. The van der Waals surface area contributed by atoms with Gasteiger partial charge in [0.2, 0.25) is 5.91 Å². The molecule has 0 saturated carbocycles. The third-order valence-corrected chi connectivity index (χ3v) is 4.82. The van der Waals surface area contributed by atoms with Gasteiger partial charge in [0.15, 0.2) is 4.77 Å². The smallest absolute Gasteiger partial charge is 0.261 e. The summed E-state index contributed by atoms with van der Waals surface area (Å²) in [4.78, 5) is 39.7. The van der Waals surface area contributed by atoms with Crippen LogP contribution in [0, 0.1) is 4.77 Å². The number of aromatic nitrogens is 2. The van der Waals surface area contributed by atoms with E-state index in [4.69, 9.17) is 12.2 Å². The van der Waals surface area contributed by atoms with Crippen molar-refractivity contribution in [3.8, 4) is 0 Å². The zero-order valence-corrected chi connectivity index (χ0v) is 16.4. The highest BCUT2D eigenvalue weighted by Crippen LogP contribution is 2.15. The van der Waals surface area contributed by atoms with Gasteiger partial charge in [-0.1, -0.05) is 25.1 Å². The molecule has 0 bridgehead atoms. The number of nitrogens with zero attached hydrogens (tertiary/aromatic N) is 1. The van der Waals surface area contributed by atoms with Crippen molar-refractivity contribution in [2.45, 2.75) is 13.3 Å². The molecule has 8 heteroatoms. The second kappa shape index (κ2) is 8.18. The van der Waals surface area contributed by atoms with Crippen molar-refractivity contribution in [1.82, 2.24) is 14.9 Å². The Bertz CT molecular complexity index is 1180. The summed E-state index contributed by atoms with van der Waals surface area (Å²) >= 11 is 5.10. The number of carbonyl (C=O) groups is 2. The van der Waals surface area contributed by atoms with Crippen LogP contribution in [0.2, 0.25) is 0 Å². The summed E-state index contributed by atoms with van der Waals surface area (Å²) in [5.41, 5.74) is 2.32. The van der Waals surface area contributed by atoms with Crippen LogP contribution in [-0.2, 0) is 18.3 Å². The standard InChI is InChI=1S/C20H20N4O3S/c1-3-12-6-4-5-7-15(12)22-17(25)11-21-18(26)13-8-9-14-16(10-13)23-20(28)24(2)19(14)27/h4-10H,3,11H2,1-2H3,(H,21,26)(H,22,25)(H,23,28). The van der Waals surface area contributed by atoms with Crippen LogP contribution in [0.4, 0.5) is 5.69 Å². The van der Waals surface area contributed by atoms with Gasteiger partial charge in [0, 0.05) is 18.3 Å². The van der Waals surface area contributed by atoms with Crippen LogP contribution in [-0.4, -0.2) is 27.9 Å². The van der Waals surface area contributed by atoms with Crippen molar-refractivity contribution < 1.29 is 9.59 Å². The monoisotopic (exact) mass is 396 g/mol. The molecule has 3 aromatic rings. The molecule has 0 aliphatic rings. The molecule has 0 spiro atoms. The fourth-order valence-electron chi connectivity index (χ4n) is 2.85. The van der Waals surface area contributed by atoms with E-state index in [0.29, 0.717) is 16.5 Å². The van der Waals surface area contributed by atoms with E-state index in [1.165, 1.54) is 4.57 Å². The van der Waals surface area contributed by atoms with Gasteiger partial charge in [-0.2, -0.15) is 0 Å². The van der Waals surface area contributed by atoms with Crippen molar-refractivity contribution in [2.75, 3.05) is 11.9 Å². The average molecular weight is 396 g/mol. The Morgan fingerprint density at radius 3 is 2.68 bits per heavy atom. The fourth-order valence-corrected chi connectivity index (χ4v) is 3.05. The summed E-state index contributed by atoms with van der Waals surface area (Å²) in [5.74, 6) is -0.732. The Morgan fingerprint density at radius 2 is 1.93 bits per heavy atom. The van der Waals surface area contributed by atoms with Crippen molar-refractivity contribution >= 4 is 40.6 Å². The topological polar surface area (TPSA) is 96.0 Å². The van der Waals surface area contributed by atoms with E-state index < -0.39 is 5.91 Å². The van der Waals surface area contributed by atoms with Gasteiger partial charge in [-0.3, -0.25) is 19.0 Å². The van der Waals surface area contributed by atoms with Crippen LogP contribution in [0.15, 0.2) is 47.3 Å². The van der Waals surface area contributed by atoms with E-state index in [2.05, 4.69) is 15.6 Å². The highest BCUT2D eigenvalue weighted by Gasteiger charge is 2.11. The molecule has 2 amide bonds. The Morgan fingerprint density at radius 1 is 1.18 bits per heavy atom. The summed E-state index contributed by atoms with van der Waals surface area (Å²) in [7, 11) is 1.58. The number of aromatic amines is 1. The number of nitrogens with one attached hydrogen (secondary N) is 3. The molecule has 28 heavy (non-hydrogen) atoms. The fraction of sp³-hybridized carbons (Fsp3) is 0.200. The minimum Gasteiger partial charge on any atom is -0.343 e. The summed E-state index contributed by atoms with van der Waals surface area (Å²) < 4.78 is 1.60. The van der Waals surface area contributed by atoms with E-state index in [0.717, 1.165) is 17.7 Å². The third kappa shape index (κ3) is 4.01. The van der Waals surface area contributed by atoms with Gasteiger partial charge in [0.1, 0.15) is 0 Å². The Hall–Kier alpha value is -3.26. The lowest BCUT2D eigenvalue weighted by Crippen LogP contribution is -2.33. The number of aryl methyl sites for hydroxylation is 1. The van der Waals surface area contributed by atoms with Crippen molar-refractivity contribution in [1.29, 1.82) is 0 Å². The summed E-state index contributed by atoms with van der Waals surface area (Å²) in [5, 5.41) is 5.82. The summed E-state index contributed by atoms with van der Waals surface area (Å²) in [6.45, 7) is 1.84. The second-order valence-electron chi connectivity index (χ2n) is 6.30. The van der Waals surface area contributed by atoms with Gasteiger partial charge in [-0.15, -0.1) is 0 Å². The number of para-hydroxylation sites is 1. The van der Waals surface area contributed by atoms with Crippen molar-refractivity contribution in [2.24, 2.45) is 7.05 Å². The van der Waals surface area contributed by atoms with Gasteiger partial charge in [0.05, 0.1) is 17.4 Å². The normalized spacial score (nSPS) is 10.6. The molecule has 0 atom stereocenters. The van der Waals surface area contributed by atoms with E-state index in [9.17, 15) is 14.4 Å². The molecular weight excluding hydrogens is 376 g/mol. The molecule has 3 rings (SSSR count). The lowest BCUT2D eigenvalue weighted by molar-refractivity contribution is -0.115. The first kappa shape index (κ1) is 19.5. The quantitative estimate of drug-likeness (QED) is 0.578. The predicted octanol–water partition coefficient (Wildman–Crippen LogP) is 2.53.